The number of tetrazole rings is 1. The minimum Gasteiger partial charge on any atom is -0.237 e. The summed E-state index contributed by atoms with van der Waals surface area (Å²) in [5, 5.41) is 19.4. The molecule has 1 N–H and O–H groups in total. The third-order valence-corrected chi connectivity index (χ3v) is 5.78. The van der Waals surface area contributed by atoms with E-state index in [0.29, 0.717) is 5.82 Å². The SMILES string of the molecule is CCCc1nn2c(CC)ccnc2c1Cc1ccc(-c2ccccc2-c2nn[nH]n2)cc1. The molecule has 0 spiro atoms. The maximum atomic E-state index is 4.91. The zero-order valence-electron chi connectivity index (χ0n) is 18.3. The molecule has 0 atom stereocenters. The molecule has 7 nitrogen and oxygen atoms in total. The third-order valence-electron chi connectivity index (χ3n) is 5.78. The van der Waals surface area contributed by atoms with Crippen molar-refractivity contribution >= 4 is 5.65 Å². The van der Waals surface area contributed by atoms with Crippen LogP contribution in [0.5, 0.6) is 0 Å². The Balaban J connectivity index is 1.49. The molecule has 0 unspecified atom stereocenters. The number of nitrogens with one attached hydrogen (secondary N) is 1. The number of aromatic amines is 1. The van der Waals surface area contributed by atoms with Crippen molar-refractivity contribution in [2.45, 2.75) is 39.5 Å². The Morgan fingerprint density at radius 1 is 0.938 bits per heavy atom. The van der Waals surface area contributed by atoms with E-state index in [1.807, 2.05) is 28.9 Å². The highest BCUT2D eigenvalue weighted by molar-refractivity contribution is 5.80. The van der Waals surface area contributed by atoms with Crippen molar-refractivity contribution < 1.29 is 0 Å². The van der Waals surface area contributed by atoms with Crippen LogP contribution < -0.4 is 0 Å². The van der Waals surface area contributed by atoms with Gasteiger partial charge in [0.15, 0.2) is 5.65 Å². The molecular weight excluding hydrogens is 398 g/mol. The summed E-state index contributed by atoms with van der Waals surface area (Å²) in [6, 6.07) is 18.9. The van der Waals surface area contributed by atoms with Crippen molar-refractivity contribution in [2.75, 3.05) is 0 Å². The zero-order chi connectivity index (χ0) is 21.9. The lowest BCUT2D eigenvalue weighted by atomic mass is 9.96. The fourth-order valence-electron chi connectivity index (χ4n) is 4.18. The highest BCUT2D eigenvalue weighted by atomic mass is 15.5. The van der Waals surface area contributed by atoms with E-state index in [1.54, 1.807) is 0 Å². The molecule has 160 valence electrons. The first kappa shape index (κ1) is 20.1. The molecule has 32 heavy (non-hydrogen) atoms. The van der Waals surface area contributed by atoms with E-state index < -0.39 is 0 Å². The number of nitrogens with zero attached hydrogens (tertiary/aromatic N) is 6. The Bertz CT molecular complexity index is 1340. The lowest BCUT2D eigenvalue weighted by Gasteiger charge is -2.08. The van der Waals surface area contributed by atoms with Crippen LogP contribution in [-0.2, 0) is 19.3 Å². The number of hydrogen-bond donors (Lipinski definition) is 1. The summed E-state index contributed by atoms with van der Waals surface area (Å²) in [5.41, 5.74) is 8.92. The summed E-state index contributed by atoms with van der Waals surface area (Å²) in [6.45, 7) is 4.35. The average molecular weight is 424 g/mol. The van der Waals surface area contributed by atoms with Gasteiger partial charge in [-0.3, -0.25) is 0 Å². The molecule has 7 heteroatoms. The lowest BCUT2D eigenvalue weighted by Crippen LogP contribution is -1.99. The average Bonchev–Trinajstić information content (AvgIpc) is 3.49. The van der Waals surface area contributed by atoms with Gasteiger partial charge in [0, 0.05) is 29.4 Å². The Morgan fingerprint density at radius 2 is 1.75 bits per heavy atom. The number of aryl methyl sites for hydroxylation is 2. The summed E-state index contributed by atoms with van der Waals surface area (Å²) in [5.74, 6) is 0.595. The fraction of sp³-hybridized carbons (Fsp3) is 0.240. The number of aromatic nitrogens is 7. The van der Waals surface area contributed by atoms with E-state index in [4.69, 9.17) is 5.10 Å². The van der Waals surface area contributed by atoms with Crippen LogP contribution in [0.15, 0.2) is 60.8 Å². The quantitative estimate of drug-likeness (QED) is 0.411. The van der Waals surface area contributed by atoms with Crippen molar-refractivity contribution in [2.24, 2.45) is 0 Å². The molecule has 2 aromatic carbocycles. The zero-order valence-corrected chi connectivity index (χ0v) is 18.3. The molecule has 5 aromatic rings. The minimum atomic E-state index is 0.595. The molecule has 0 aliphatic heterocycles. The van der Waals surface area contributed by atoms with Gasteiger partial charge < -0.3 is 0 Å². The number of H-pyrrole nitrogens is 1. The summed E-state index contributed by atoms with van der Waals surface area (Å²) < 4.78 is 2.02. The monoisotopic (exact) mass is 423 g/mol. The van der Waals surface area contributed by atoms with Crippen LogP contribution in [0.3, 0.4) is 0 Å². The Hall–Kier alpha value is -3.87. The first-order chi connectivity index (χ1) is 15.8. The van der Waals surface area contributed by atoms with Gasteiger partial charge in [-0.2, -0.15) is 10.3 Å². The first-order valence-corrected chi connectivity index (χ1v) is 11.0. The predicted octanol–water partition coefficient (Wildman–Crippen LogP) is 4.68. The van der Waals surface area contributed by atoms with E-state index in [9.17, 15) is 0 Å². The maximum Gasteiger partial charge on any atom is 0.205 e. The molecule has 0 radical (unpaired) electrons. The van der Waals surface area contributed by atoms with Gasteiger partial charge in [-0.1, -0.05) is 68.8 Å². The summed E-state index contributed by atoms with van der Waals surface area (Å²) in [6.07, 6.45) is 5.65. The van der Waals surface area contributed by atoms with Crippen LogP contribution in [0.2, 0.25) is 0 Å². The van der Waals surface area contributed by atoms with Gasteiger partial charge in [0.2, 0.25) is 5.82 Å². The summed E-state index contributed by atoms with van der Waals surface area (Å²) in [7, 11) is 0. The normalized spacial score (nSPS) is 11.3. The lowest BCUT2D eigenvalue weighted by molar-refractivity contribution is 0.795. The van der Waals surface area contributed by atoms with E-state index >= 15 is 0 Å². The van der Waals surface area contributed by atoms with Crippen molar-refractivity contribution in [3.8, 4) is 22.5 Å². The van der Waals surface area contributed by atoms with Gasteiger partial charge in [0.05, 0.1) is 5.69 Å². The van der Waals surface area contributed by atoms with Crippen LogP contribution in [0.1, 0.15) is 42.8 Å². The van der Waals surface area contributed by atoms with Gasteiger partial charge in [0.25, 0.3) is 0 Å². The largest absolute Gasteiger partial charge is 0.237 e. The summed E-state index contributed by atoms with van der Waals surface area (Å²) >= 11 is 0. The minimum absolute atomic E-state index is 0.595. The number of benzene rings is 2. The molecular formula is C25H25N7. The van der Waals surface area contributed by atoms with Crippen LogP contribution >= 0.6 is 0 Å². The van der Waals surface area contributed by atoms with E-state index in [1.165, 1.54) is 16.8 Å². The van der Waals surface area contributed by atoms with Crippen LogP contribution in [0, 0.1) is 0 Å². The van der Waals surface area contributed by atoms with Gasteiger partial charge in [-0.25, -0.2) is 9.50 Å². The van der Waals surface area contributed by atoms with Crippen molar-refractivity contribution in [1.29, 1.82) is 0 Å². The molecule has 0 saturated heterocycles. The van der Waals surface area contributed by atoms with Gasteiger partial charge >= 0.3 is 0 Å². The summed E-state index contributed by atoms with van der Waals surface area (Å²) in [4.78, 5) is 4.67. The number of hydrogen-bond acceptors (Lipinski definition) is 5. The molecule has 3 heterocycles. The highest BCUT2D eigenvalue weighted by Crippen LogP contribution is 2.30. The highest BCUT2D eigenvalue weighted by Gasteiger charge is 2.16. The molecule has 0 bridgehead atoms. The second-order valence-electron chi connectivity index (χ2n) is 7.86. The standard InChI is InChI=1S/C25H25N7/c1-3-7-23-22(25-26-15-14-19(4-2)32(25)29-23)16-17-10-12-18(13-11-17)20-8-5-6-9-21(20)24-27-30-31-28-24/h5-6,8-15H,3-4,7,16H2,1-2H3,(H,27,28,30,31). The molecule has 0 aliphatic carbocycles. The van der Waals surface area contributed by atoms with Crippen molar-refractivity contribution in [3.63, 3.8) is 0 Å². The smallest absolute Gasteiger partial charge is 0.205 e. The van der Waals surface area contributed by atoms with Gasteiger partial charge in [0.1, 0.15) is 0 Å². The topological polar surface area (TPSA) is 84.6 Å². The predicted molar refractivity (Wildman–Crippen MR) is 124 cm³/mol. The van der Waals surface area contributed by atoms with E-state index in [0.717, 1.165) is 53.7 Å². The van der Waals surface area contributed by atoms with E-state index in [2.05, 4.69) is 75.9 Å². The van der Waals surface area contributed by atoms with Crippen molar-refractivity contribution in [1.82, 2.24) is 35.2 Å². The molecule has 0 amide bonds. The van der Waals surface area contributed by atoms with E-state index in [-0.39, 0.29) is 0 Å². The van der Waals surface area contributed by atoms with Crippen LogP contribution in [-0.4, -0.2) is 35.2 Å². The second kappa shape index (κ2) is 8.70. The number of rotatable bonds is 7. The fourth-order valence-corrected chi connectivity index (χ4v) is 4.18. The Kier molecular flexibility index (Phi) is 5.46. The molecule has 0 saturated carbocycles. The van der Waals surface area contributed by atoms with Crippen LogP contribution in [0.4, 0.5) is 0 Å². The molecule has 0 aliphatic rings. The molecule has 5 rings (SSSR count). The Morgan fingerprint density at radius 3 is 2.47 bits per heavy atom. The van der Waals surface area contributed by atoms with Crippen molar-refractivity contribution in [3.05, 3.63) is 83.3 Å². The second-order valence-corrected chi connectivity index (χ2v) is 7.86. The van der Waals surface area contributed by atoms with Gasteiger partial charge in [-0.15, -0.1) is 10.2 Å². The maximum absolute atomic E-state index is 4.91. The molecule has 0 fully saturated rings. The van der Waals surface area contributed by atoms with Crippen LogP contribution in [0.25, 0.3) is 28.2 Å². The first-order valence-electron chi connectivity index (χ1n) is 11.0. The Labute approximate surface area is 186 Å². The molecule has 3 aromatic heterocycles. The van der Waals surface area contributed by atoms with Gasteiger partial charge in [-0.05, 0) is 40.8 Å². The number of fused-ring (bicyclic) bond motifs is 1. The third kappa shape index (κ3) is 3.66.